The first kappa shape index (κ1) is 18.9. The molecule has 0 radical (unpaired) electrons. The summed E-state index contributed by atoms with van der Waals surface area (Å²) in [6, 6.07) is 6.67. The molecule has 1 aromatic heterocycles. The normalized spacial score (nSPS) is 16.0. The fourth-order valence-electron chi connectivity index (χ4n) is 3.12. The topological polar surface area (TPSA) is 59.8 Å². The molecule has 0 fully saturated rings. The molecule has 7 heteroatoms. The zero-order chi connectivity index (χ0) is 18.7. The summed E-state index contributed by atoms with van der Waals surface area (Å²) >= 11 is 7.36. The predicted octanol–water partition coefficient (Wildman–Crippen LogP) is 2.79. The molecule has 2 N–H and O–H groups in total. The third-order valence-corrected chi connectivity index (χ3v) is 5.94. The lowest BCUT2D eigenvalue weighted by Crippen LogP contribution is -3.11. The summed E-state index contributed by atoms with van der Waals surface area (Å²) in [5.41, 5.74) is 2.04. The van der Waals surface area contributed by atoms with Gasteiger partial charge < -0.3 is 15.0 Å². The molecular formula is C19H22ClN2O3S+. The van der Waals surface area contributed by atoms with Crippen molar-refractivity contribution in [3.63, 3.8) is 0 Å². The molecule has 1 aliphatic rings. The highest BCUT2D eigenvalue weighted by Gasteiger charge is 2.30. The van der Waals surface area contributed by atoms with Crippen molar-refractivity contribution in [2.24, 2.45) is 0 Å². The molecule has 2 heterocycles. The van der Waals surface area contributed by atoms with Crippen LogP contribution in [0.2, 0.25) is 5.02 Å². The van der Waals surface area contributed by atoms with Crippen molar-refractivity contribution >= 4 is 39.8 Å². The van der Waals surface area contributed by atoms with Crippen LogP contribution in [0.25, 0.3) is 0 Å². The molecule has 0 spiro atoms. The fourth-order valence-corrected chi connectivity index (χ4v) is 4.55. The first-order valence-corrected chi connectivity index (χ1v) is 9.95. The first-order chi connectivity index (χ1) is 12.5. The third kappa shape index (κ3) is 3.92. The smallest absolute Gasteiger partial charge is 0.341 e. The van der Waals surface area contributed by atoms with E-state index in [2.05, 4.69) is 12.2 Å². The van der Waals surface area contributed by atoms with E-state index in [1.807, 2.05) is 0 Å². The van der Waals surface area contributed by atoms with Gasteiger partial charge in [0, 0.05) is 17.0 Å². The molecule has 0 aliphatic carbocycles. The summed E-state index contributed by atoms with van der Waals surface area (Å²) in [5, 5.41) is 4.05. The zero-order valence-corrected chi connectivity index (χ0v) is 16.4. The Morgan fingerprint density at radius 1 is 1.27 bits per heavy atom. The summed E-state index contributed by atoms with van der Waals surface area (Å²) in [4.78, 5) is 27.7. The molecule has 1 unspecified atom stereocenters. The van der Waals surface area contributed by atoms with Gasteiger partial charge in [-0.05, 0) is 43.7 Å². The minimum atomic E-state index is -0.364. The average Bonchev–Trinajstić information content (AvgIpc) is 2.99. The number of fused-ring (bicyclic) bond motifs is 1. The molecule has 5 nitrogen and oxygen atoms in total. The van der Waals surface area contributed by atoms with Crippen molar-refractivity contribution in [2.45, 2.75) is 26.8 Å². The molecule has 1 amide bonds. The number of ether oxygens (including phenoxy) is 1. The number of carbonyl (C=O) groups excluding carboxylic acids is 2. The van der Waals surface area contributed by atoms with E-state index in [-0.39, 0.29) is 11.9 Å². The highest BCUT2D eigenvalue weighted by Crippen LogP contribution is 2.35. The highest BCUT2D eigenvalue weighted by molar-refractivity contribution is 7.17. The number of hydrogen-bond donors (Lipinski definition) is 2. The van der Waals surface area contributed by atoms with E-state index < -0.39 is 0 Å². The van der Waals surface area contributed by atoms with E-state index in [0.29, 0.717) is 27.8 Å². The van der Waals surface area contributed by atoms with Crippen LogP contribution in [0.15, 0.2) is 24.3 Å². The zero-order valence-electron chi connectivity index (χ0n) is 14.9. The molecular weight excluding hydrogens is 372 g/mol. The second-order valence-corrected chi connectivity index (χ2v) is 7.71. The predicted molar refractivity (Wildman–Crippen MR) is 103 cm³/mol. The van der Waals surface area contributed by atoms with E-state index in [4.69, 9.17) is 16.3 Å². The standard InChI is InChI=1S/C19H21ClN2O3S/c1-3-22-10-9-14-15(11-22)26-18(16(14)19(24)25-4-2)21-17(23)12-5-7-13(20)8-6-12/h5-8H,3-4,9-11H2,1-2H3,(H,21,23)/p+1. The maximum Gasteiger partial charge on any atom is 0.341 e. The highest BCUT2D eigenvalue weighted by atomic mass is 35.5. The van der Waals surface area contributed by atoms with Gasteiger partial charge in [0.2, 0.25) is 0 Å². The van der Waals surface area contributed by atoms with Gasteiger partial charge in [0.25, 0.3) is 5.91 Å². The van der Waals surface area contributed by atoms with Crippen LogP contribution in [0.5, 0.6) is 0 Å². The van der Waals surface area contributed by atoms with Crippen molar-refractivity contribution in [3.05, 3.63) is 50.9 Å². The molecule has 0 saturated carbocycles. The van der Waals surface area contributed by atoms with E-state index in [9.17, 15) is 9.59 Å². The van der Waals surface area contributed by atoms with Crippen LogP contribution in [0.1, 0.15) is 45.0 Å². The van der Waals surface area contributed by atoms with Crippen LogP contribution < -0.4 is 10.2 Å². The monoisotopic (exact) mass is 393 g/mol. The van der Waals surface area contributed by atoms with Gasteiger partial charge in [-0.3, -0.25) is 4.79 Å². The van der Waals surface area contributed by atoms with Gasteiger partial charge in [0.05, 0.1) is 30.1 Å². The number of hydrogen-bond acceptors (Lipinski definition) is 4. The Morgan fingerprint density at radius 3 is 2.65 bits per heavy atom. The quantitative estimate of drug-likeness (QED) is 0.768. The Bertz CT molecular complexity index is 817. The minimum absolute atomic E-state index is 0.259. The number of anilines is 1. The minimum Gasteiger partial charge on any atom is -0.462 e. The number of rotatable bonds is 5. The Kier molecular flexibility index (Phi) is 5.96. The maximum absolute atomic E-state index is 12.6. The lowest BCUT2D eigenvalue weighted by molar-refractivity contribution is -0.913. The second kappa shape index (κ2) is 8.20. The van der Waals surface area contributed by atoms with Crippen LogP contribution in [-0.4, -0.2) is 31.6 Å². The molecule has 0 saturated heterocycles. The van der Waals surface area contributed by atoms with Crippen LogP contribution >= 0.6 is 22.9 Å². The molecule has 0 bridgehead atoms. The van der Waals surface area contributed by atoms with Gasteiger partial charge >= 0.3 is 5.97 Å². The maximum atomic E-state index is 12.6. The molecule has 138 valence electrons. The van der Waals surface area contributed by atoms with Gasteiger partial charge in [-0.1, -0.05) is 11.6 Å². The summed E-state index contributed by atoms with van der Waals surface area (Å²) in [6.07, 6.45) is 0.819. The van der Waals surface area contributed by atoms with Crippen LogP contribution in [0, 0.1) is 0 Å². The van der Waals surface area contributed by atoms with Gasteiger partial charge in [0.1, 0.15) is 11.5 Å². The molecule has 26 heavy (non-hydrogen) atoms. The first-order valence-electron chi connectivity index (χ1n) is 8.75. The number of esters is 1. The Morgan fingerprint density at radius 2 is 2.00 bits per heavy atom. The molecule has 2 aromatic rings. The van der Waals surface area contributed by atoms with Gasteiger partial charge in [0.15, 0.2) is 0 Å². The number of benzene rings is 1. The summed E-state index contributed by atoms with van der Waals surface area (Å²) in [7, 11) is 0. The summed E-state index contributed by atoms with van der Waals surface area (Å²) < 4.78 is 5.24. The number of carbonyl (C=O) groups is 2. The Balaban J connectivity index is 1.92. The van der Waals surface area contributed by atoms with E-state index in [1.54, 1.807) is 31.2 Å². The van der Waals surface area contributed by atoms with Crippen LogP contribution in [0.3, 0.4) is 0 Å². The van der Waals surface area contributed by atoms with E-state index in [0.717, 1.165) is 36.5 Å². The van der Waals surface area contributed by atoms with Crippen molar-refractivity contribution in [2.75, 3.05) is 25.0 Å². The van der Waals surface area contributed by atoms with Gasteiger partial charge in [-0.25, -0.2) is 4.79 Å². The third-order valence-electron chi connectivity index (χ3n) is 4.54. The SMILES string of the molecule is CCOC(=O)c1c(NC(=O)c2ccc(Cl)cc2)sc2c1CC[NH+](CC)C2. The summed E-state index contributed by atoms with van der Waals surface area (Å²) in [6.45, 7) is 7.14. The number of likely N-dealkylation sites (N-methyl/N-ethyl adjacent to an activating group) is 1. The molecule has 1 atom stereocenters. The lowest BCUT2D eigenvalue weighted by Gasteiger charge is -2.22. The Labute approximate surface area is 161 Å². The van der Waals surface area contributed by atoms with Crippen molar-refractivity contribution < 1.29 is 19.2 Å². The van der Waals surface area contributed by atoms with Crippen LogP contribution in [-0.2, 0) is 17.7 Å². The van der Waals surface area contributed by atoms with Gasteiger partial charge in [-0.2, -0.15) is 0 Å². The average molecular weight is 394 g/mol. The fraction of sp³-hybridized carbons (Fsp3) is 0.368. The van der Waals surface area contributed by atoms with Crippen molar-refractivity contribution in [1.29, 1.82) is 0 Å². The molecule has 3 rings (SSSR count). The molecule has 1 aliphatic heterocycles. The number of nitrogens with one attached hydrogen (secondary N) is 2. The van der Waals surface area contributed by atoms with Gasteiger partial charge in [-0.15, -0.1) is 11.3 Å². The second-order valence-electron chi connectivity index (χ2n) is 6.17. The van der Waals surface area contributed by atoms with E-state index in [1.165, 1.54) is 16.2 Å². The lowest BCUT2D eigenvalue weighted by atomic mass is 10.0. The number of halogens is 1. The molecule has 1 aromatic carbocycles. The van der Waals surface area contributed by atoms with Crippen LogP contribution in [0.4, 0.5) is 5.00 Å². The van der Waals surface area contributed by atoms with Crippen molar-refractivity contribution in [3.8, 4) is 0 Å². The van der Waals surface area contributed by atoms with Crippen molar-refractivity contribution in [1.82, 2.24) is 0 Å². The summed E-state index contributed by atoms with van der Waals surface area (Å²) in [5.74, 6) is -0.623. The number of thiophene rings is 1. The number of quaternary nitrogens is 1. The largest absolute Gasteiger partial charge is 0.462 e. The van der Waals surface area contributed by atoms with E-state index >= 15 is 0 Å². The Hall–Kier alpha value is -1.89. The number of amides is 1.